The van der Waals surface area contributed by atoms with Gasteiger partial charge in [0.25, 0.3) is 0 Å². The maximum atomic E-state index is 6.08. The molecular weight excluding hydrogens is 222 g/mol. The first-order valence-electron chi connectivity index (χ1n) is 5.95. The summed E-state index contributed by atoms with van der Waals surface area (Å²) in [4.78, 5) is 0. The number of nitrogen functional groups attached to an aromatic ring is 1. The van der Waals surface area contributed by atoms with Crippen molar-refractivity contribution in [3.8, 4) is 11.3 Å². The predicted octanol–water partition coefficient (Wildman–Crippen LogP) is 3.13. The Hall–Kier alpha value is -2.29. The van der Waals surface area contributed by atoms with Crippen molar-refractivity contribution in [2.45, 2.75) is 6.92 Å². The highest BCUT2D eigenvalue weighted by molar-refractivity contribution is 6.01. The molecule has 1 aromatic heterocycles. The molecule has 2 aromatic carbocycles. The average molecular weight is 237 g/mol. The molecule has 0 unspecified atom stereocenters. The van der Waals surface area contributed by atoms with Crippen LogP contribution in [0.4, 0.5) is 5.69 Å². The lowest BCUT2D eigenvalue weighted by Crippen LogP contribution is -1.89. The average Bonchev–Trinajstić information content (AvgIpc) is 2.70. The minimum Gasteiger partial charge on any atom is -0.398 e. The van der Waals surface area contributed by atoms with Crippen molar-refractivity contribution in [2.75, 3.05) is 5.73 Å². The highest BCUT2D eigenvalue weighted by atomic mass is 15.3. The summed E-state index contributed by atoms with van der Waals surface area (Å²) in [5, 5.41) is 5.62. The second-order valence-corrected chi connectivity index (χ2v) is 4.58. The summed E-state index contributed by atoms with van der Waals surface area (Å²) < 4.78 is 1.88. The summed E-state index contributed by atoms with van der Waals surface area (Å²) >= 11 is 0. The molecule has 0 atom stereocenters. The van der Waals surface area contributed by atoms with Gasteiger partial charge in [0.05, 0.1) is 10.9 Å². The fourth-order valence-corrected chi connectivity index (χ4v) is 2.25. The molecule has 0 aliphatic rings. The minimum absolute atomic E-state index is 0.774. The summed E-state index contributed by atoms with van der Waals surface area (Å²) in [6, 6.07) is 14.3. The van der Waals surface area contributed by atoms with Crippen LogP contribution in [0.15, 0.2) is 42.5 Å². The largest absolute Gasteiger partial charge is 0.398 e. The molecule has 0 aliphatic heterocycles. The number of fused-ring (bicyclic) bond motifs is 1. The number of aromatic nitrogens is 2. The van der Waals surface area contributed by atoms with Crippen LogP contribution in [0.1, 0.15) is 5.56 Å². The van der Waals surface area contributed by atoms with E-state index in [9.17, 15) is 0 Å². The zero-order chi connectivity index (χ0) is 12.7. The van der Waals surface area contributed by atoms with Gasteiger partial charge in [-0.1, -0.05) is 35.9 Å². The van der Waals surface area contributed by atoms with E-state index in [1.807, 2.05) is 29.9 Å². The van der Waals surface area contributed by atoms with E-state index < -0.39 is 0 Å². The van der Waals surface area contributed by atoms with Crippen molar-refractivity contribution < 1.29 is 0 Å². The molecule has 0 aliphatic carbocycles. The maximum Gasteiger partial charge on any atom is 0.102 e. The third-order valence-corrected chi connectivity index (χ3v) is 3.24. The molecular formula is C15H15N3. The third kappa shape index (κ3) is 1.56. The molecule has 90 valence electrons. The SMILES string of the molecule is Cc1ccc(-c2nn(C)c3cccc(N)c23)cc1. The summed E-state index contributed by atoms with van der Waals surface area (Å²) in [7, 11) is 1.94. The Morgan fingerprint density at radius 3 is 2.50 bits per heavy atom. The summed E-state index contributed by atoms with van der Waals surface area (Å²) in [5.74, 6) is 0. The monoisotopic (exact) mass is 237 g/mol. The van der Waals surface area contributed by atoms with E-state index in [1.54, 1.807) is 0 Å². The zero-order valence-corrected chi connectivity index (χ0v) is 10.5. The van der Waals surface area contributed by atoms with E-state index in [1.165, 1.54) is 5.56 Å². The molecule has 0 amide bonds. The number of hydrogen-bond donors (Lipinski definition) is 1. The molecule has 0 radical (unpaired) electrons. The van der Waals surface area contributed by atoms with Gasteiger partial charge in [-0.15, -0.1) is 0 Å². The highest BCUT2D eigenvalue weighted by Gasteiger charge is 2.12. The highest BCUT2D eigenvalue weighted by Crippen LogP contribution is 2.31. The Bertz CT molecular complexity index is 708. The van der Waals surface area contributed by atoms with Crippen molar-refractivity contribution in [1.82, 2.24) is 9.78 Å². The summed E-state index contributed by atoms with van der Waals surface area (Å²) in [5.41, 5.74) is 11.2. The first-order valence-corrected chi connectivity index (χ1v) is 5.95. The molecule has 0 saturated heterocycles. The third-order valence-electron chi connectivity index (χ3n) is 3.24. The van der Waals surface area contributed by atoms with Gasteiger partial charge in [-0.2, -0.15) is 5.10 Å². The van der Waals surface area contributed by atoms with Crippen LogP contribution in [-0.2, 0) is 7.05 Å². The predicted molar refractivity (Wildman–Crippen MR) is 75.3 cm³/mol. The van der Waals surface area contributed by atoms with Crippen molar-refractivity contribution in [3.05, 3.63) is 48.0 Å². The van der Waals surface area contributed by atoms with Gasteiger partial charge in [-0.25, -0.2) is 0 Å². The second kappa shape index (κ2) is 3.88. The number of anilines is 1. The first kappa shape index (κ1) is 10.8. The van der Waals surface area contributed by atoms with E-state index in [0.29, 0.717) is 0 Å². The van der Waals surface area contributed by atoms with Crippen molar-refractivity contribution >= 4 is 16.6 Å². The fourth-order valence-electron chi connectivity index (χ4n) is 2.25. The lowest BCUT2D eigenvalue weighted by Gasteiger charge is -2.01. The molecule has 1 heterocycles. The topological polar surface area (TPSA) is 43.8 Å². The second-order valence-electron chi connectivity index (χ2n) is 4.58. The van der Waals surface area contributed by atoms with Crippen molar-refractivity contribution in [3.63, 3.8) is 0 Å². The van der Waals surface area contributed by atoms with Gasteiger partial charge < -0.3 is 5.73 Å². The normalized spacial score (nSPS) is 11.0. The molecule has 0 bridgehead atoms. The molecule has 2 N–H and O–H groups in total. The molecule has 3 aromatic rings. The maximum absolute atomic E-state index is 6.08. The van der Waals surface area contributed by atoms with Crippen LogP contribution in [0.3, 0.4) is 0 Å². The van der Waals surface area contributed by atoms with E-state index in [0.717, 1.165) is 27.8 Å². The van der Waals surface area contributed by atoms with Crippen LogP contribution in [0, 0.1) is 6.92 Å². The van der Waals surface area contributed by atoms with E-state index in [-0.39, 0.29) is 0 Å². The van der Waals surface area contributed by atoms with Gasteiger partial charge in [-0.3, -0.25) is 4.68 Å². The van der Waals surface area contributed by atoms with Crippen LogP contribution < -0.4 is 5.73 Å². The van der Waals surface area contributed by atoms with Gasteiger partial charge in [0.1, 0.15) is 5.69 Å². The van der Waals surface area contributed by atoms with Gasteiger partial charge in [0.2, 0.25) is 0 Å². The summed E-state index contributed by atoms with van der Waals surface area (Å²) in [6.45, 7) is 2.08. The van der Waals surface area contributed by atoms with Crippen LogP contribution in [-0.4, -0.2) is 9.78 Å². The number of nitrogens with zero attached hydrogens (tertiary/aromatic N) is 2. The number of hydrogen-bond acceptors (Lipinski definition) is 2. The Labute approximate surface area is 106 Å². The van der Waals surface area contributed by atoms with Gasteiger partial charge in [0, 0.05) is 18.3 Å². The number of rotatable bonds is 1. The molecule has 3 rings (SSSR count). The molecule has 3 heteroatoms. The first-order chi connectivity index (χ1) is 8.66. The quantitative estimate of drug-likeness (QED) is 0.661. The van der Waals surface area contributed by atoms with Crippen molar-refractivity contribution in [1.29, 1.82) is 0 Å². The Morgan fingerprint density at radius 2 is 1.78 bits per heavy atom. The fraction of sp³-hybridized carbons (Fsp3) is 0.133. The van der Waals surface area contributed by atoms with Crippen LogP contribution in [0.5, 0.6) is 0 Å². The van der Waals surface area contributed by atoms with Crippen molar-refractivity contribution in [2.24, 2.45) is 7.05 Å². The Morgan fingerprint density at radius 1 is 1.06 bits per heavy atom. The molecule has 0 spiro atoms. The minimum atomic E-state index is 0.774. The van der Waals surface area contributed by atoms with Gasteiger partial charge in [0.15, 0.2) is 0 Å². The molecule has 3 nitrogen and oxygen atoms in total. The van der Waals surface area contributed by atoms with Gasteiger partial charge >= 0.3 is 0 Å². The van der Waals surface area contributed by atoms with E-state index in [2.05, 4.69) is 36.3 Å². The van der Waals surface area contributed by atoms with Crippen LogP contribution in [0.2, 0.25) is 0 Å². The van der Waals surface area contributed by atoms with Gasteiger partial charge in [-0.05, 0) is 19.1 Å². The Balaban J connectivity index is 2.32. The molecule has 0 saturated carbocycles. The number of aryl methyl sites for hydroxylation is 2. The molecule has 0 fully saturated rings. The van der Waals surface area contributed by atoms with Crippen LogP contribution >= 0.6 is 0 Å². The summed E-state index contributed by atoms with van der Waals surface area (Å²) in [6.07, 6.45) is 0. The van der Waals surface area contributed by atoms with Crippen LogP contribution in [0.25, 0.3) is 22.2 Å². The lowest BCUT2D eigenvalue weighted by atomic mass is 10.1. The number of nitrogens with two attached hydrogens (primary N) is 1. The molecule has 18 heavy (non-hydrogen) atoms. The zero-order valence-electron chi connectivity index (χ0n) is 10.5. The standard InChI is InChI=1S/C15H15N3/c1-10-6-8-11(9-7-10)15-14-12(16)4-3-5-13(14)18(2)17-15/h3-9H,16H2,1-2H3. The van der Waals surface area contributed by atoms with E-state index >= 15 is 0 Å². The van der Waals surface area contributed by atoms with E-state index in [4.69, 9.17) is 5.73 Å². The lowest BCUT2D eigenvalue weighted by molar-refractivity contribution is 0.800. The number of benzene rings is 2. The Kier molecular flexibility index (Phi) is 2.33. The smallest absolute Gasteiger partial charge is 0.102 e.